The lowest BCUT2D eigenvalue weighted by atomic mass is 10.2. The van der Waals surface area contributed by atoms with Crippen molar-refractivity contribution in [2.75, 3.05) is 19.6 Å². The summed E-state index contributed by atoms with van der Waals surface area (Å²) in [6.45, 7) is 2.80. The molecule has 0 unspecified atom stereocenters. The van der Waals surface area contributed by atoms with Crippen LogP contribution in [0.2, 0.25) is 0 Å². The van der Waals surface area contributed by atoms with E-state index in [2.05, 4.69) is 10.3 Å². The Morgan fingerprint density at radius 2 is 2.00 bits per heavy atom. The van der Waals surface area contributed by atoms with Gasteiger partial charge in [0.25, 0.3) is 0 Å². The van der Waals surface area contributed by atoms with Gasteiger partial charge in [-0.15, -0.1) is 0 Å². The number of nitrogens with zero attached hydrogens (tertiary/aromatic N) is 1. The zero-order chi connectivity index (χ0) is 9.36. The van der Waals surface area contributed by atoms with Crippen molar-refractivity contribution >= 4 is 0 Å². The molecule has 0 aliphatic carbocycles. The van der Waals surface area contributed by atoms with Crippen LogP contribution in [0.1, 0.15) is 12.0 Å². The standard InChI is InChI=1S/C10H17N3/c11-5-1-6-12-7-2-10-3-8-13-9-4-10/h3-4,8-9,12H,1-2,5-7,11H2. The fourth-order valence-corrected chi connectivity index (χ4v) is 1.13. The second-order valence-electron chi connectivity index (χ2n) is 3.00. The Labute approximate surface area is 79.4 Å². The molecule has 0 amide bonds. The summed E-state index contributed by atoms with van der Waals surface area (Å²) in [7, 11) is 0. The lowest BCUT2D eigenvalue weighted by molar-refractivity contribution is 0.653. The lowest BCUT2D eigenvalue weighted by Gasteiger charge is -2.02. The third kappa shape index (κ3) is 4.60. The second-order valence-corrected chi connectivity index (χ2v) is 3.00. The highest BCUT2D eigenvalue weighted by Crippen LogP contribution is 1.95. The maximum Gasteiger partial charge on any atom is 0.0270 e. The van der Waals surface area contributed by atoms with E-state index in [4.69, 9.17) is 5.73 Å². The van der Waals surface area contributed by atoms with Crippen LogP contribution in [0.15, 0.2) is 24.5 Å². The smallest absolute Gasteiger partial charge is 0.0270 e. The van der Waals surface area contributed by atoms with Crippen molar-refractivity contribution in [3.05, 3.63) is 30.1 Å². The van der Waals surface area contributed by atoms with Crippen molar-refractivity contribution in [3.63, 3.8) is 0 Å². The minimum Gasteiger partial charge on any atom is -0.330 e. The minimum atomic E-state index is 0.766. The highest BCUT2D eigenvalue weighted by atomic mass is 14.8. The van der Waals surface area contributed by atoms with Crippen molar-refractivity contribution in [2.45, 2.75) is 12.8 Å². The molecule has 0 saturated heterocycles. The summed E-state index contributed by atoms with van der Waals surface area (Å²) in [6, 6.07) is 4.09. The summed E-state index contributed by atoms with van der Waals surface area (Å²) in [5.41, 5.74) is 6.70. The Bertz CT molecular complexity index is 211. The van der Waals surface area contributed by atoms with Crippen LogP contribution in [-0.4, -0.2) is 24.6 Å². The summed E-state index contributed by atoms with van der Waals surface area (Å²) in [5, 5.41) is 3.33. The maximum atomic E-state index is 5.37. The molecule has 1 heterocycles. The van der Waals surface area contributed by atoms with Crippen LogP contribution in [0.5, 0.6) is 0 Å². The summed E-state index contributed by atoms with van der Waals surface area (Å²) >= 11 is 0. The molecular formula is C10H17N3. The summed E-state index contributed by atoms with van der Waals surface area (Å²) in [6.07, 6.45) is 5.77. The molecule has 1 aromatic rings. The van der Waals surface area contributed by atoms with Crippen LogP contribution < -0.4 is 11.1 Å². The van der Waals surface area contributed by atoms with Gasteiger partial charge in [0.2, 0.25) is 0 Å². The molecular weight excluding hydrogens is 162 g/mol. The molecule has 0 aromatic carbocycles. The van der Waals surface area contributed by atoms with Gasteiger partial charge in [-0.05, 0) is 50.2 Å². The van der Waals surface area contributed by atoms with E-state index in [1.54, 1.807) is 0 Å². The Morgan fingerprint density at radius 3 is 2.69 bits per heavy atom. The van der Waals surface area contributed by atoms with Crippen molar-refractivity contribution in [1.29, 1.82) is 0 Å². The highest BCUT2D eigenvalue weighted by molar-refractivity contribution is 5.09. The third-order valence-electron chi connectivity index (χ3n) is 1.90. The third-order valence-corrected chi connectivity index (χ3v) is 1.90. The van der Waals surface area contributed by atoms with Gasteiger partial charge < -0.3 is 11.1 Å². The Kier molecular flexibility index (Phi) is 5.13. The van der Waals surface area contributed by atoms with Crippen LogP contribution in [0.3, 0.4) is 0 Å². The number of hydrogen-bond acceptors (Lipinski definition) is 3. The molecule has 72 valence electrons. The second kappa shape index (κ2) is 6.57. The van der Waals surface area contributed by atoms with Gasteiger partial charge in [-0.2, -0.15) is 0 Å². The molecule has 0 atom stereocenters. The molecule has 0 aliphatic rings. The van der Waals surface area contributed by atoms with Gasteiger partial charge in [-0.1, -0.05) is 0 Å². The molecule has 13 heavy (non-hydrogen) atoms. The van der Waals surface area contributed by atoms with Gasteiger partial charge in [0, 0.05) is 12.4 Å². The van der Waals surface area contributed by atoms with E-state index in [0.717, 1.165) is 32.5 Å². The van der Waals surface area contributed by atoms with Crippen LogP contribution in [0.25, 0.3) is 0 Å². The highest BCUT2D eigenvalue weighted by Gasteiger charge is 1.90. The number of nitrogens with two attached hydrogens (primary N) is 1. The van der Waals surface area contributed by atoms with Crippen molar-refractivity contribution < 1.29 is 0 Å². The van der Waals surface area contributed by atoms with Crippen molar-refractivity contribution in [3.8, 4) is 0 Å². The number of rotatable bonds is 6. The predicted octanol–water partition coefficient (Wildman–Crippen LogP) is 0.562. The molecule has 0 spiro atoms. The van der Waals surface area contributed by atoms with Gasteiger partial charge in [-0.3, -0.25) is 4.98 Å². The number of pyridine rings is 1. The molecule has 3 heteroatoms. The Morgan fingerprint density at radius 1 is 1.23 bits per heavy atom. The first-order valence-corrected chi connectivity index (χ1v) is 4.73. The Hall–Kier alpha value is -0.930. The normalized spacial score (nSPS) is 10.2. The van der Waals surface area contributed by atoms with Crippen LogP contribution in [0.4, 0.5) is 0 Å². The van der Waals surface area contributed by atoms with Crippen LogP contribution >= 0.6 is 0 Å². The number of aromatic nitrogens is 1. The van der Waals surface area contributed by atoms with Gasteiger partial charge >= 0.3 is 0 Å². The van der Waals surface area contributed by atoms with E-state index in [9.17, 15) is 0 Å². The molecule has 0 bridgehead atoms. The summed E-state index contributed by atoms with van der Waals surface area (Å²) in [4.78, 5) is 3.97. The first kappa shape index (κ1) is 10.2. The fraction of sp³-hybridized carbons (Fsp3) is 0.500. The van der Waals surface area contributed by atoms with Crippen LogP contribution in [-0.2, 0) is 6.42 Å². The van der Waals surface area contributed by atoms with Gasteiger partial charge in [0.1, 0.15) is 0 Å². The zero-order valence-electron chi connectivity index (χ0n) is 7.87. The molecule has 0 radical (unpaired) electrons. The average Bonchev–Trinajstić information content (AvgIpc) is 2.19. The quantitative estimate of drug-likeness (QED) is 0.627. The molecule has 1 rings (SSSR count). The van der Waals surface area contributed by atoms with E-state index in [0.29, 0.717) is 0 Å². The molecule has 3 N–H and O–H groups in total. The van der Waals surface area contributed by atoms with Gasteiger partial charge in [0.15, 0.2) is 0 Å². The van der Waals surface area contributed by atoms with Gasteiger partial charge in [0.05, 0.1) is 0 Å². The zero-order valence-corrected chi connectivity index (χ0v) is 7.87. The number of nitrogens with one attached hydrogen (secondary N) is 1. The average molecular weight is 179 g/mol. The van der Waals surface area contributed by atoms with E-state index in [1.807, 2.05) is 24.5 Å². The van der Waals surface area contributed by atoms with Gasteiger partial charge in [-0.25, -0.2) is 0 Å². The molecule has 1 aromatic heterocycles. The van der Waals surface area contributed by atoms with Crippen molar-refractivity contribution in [1.82, 2.24) is 10.3 Å². The summed E-state index contributed by atoms with van der Waals surface area (Å²) in [5.74, 6) is 0. The van der Waals surface area contributed by atoms with E-state index in [1.165, 1.54) is 5.56 Å². The monoisotopic (exact) mass is 179 g/mol. The Balaban J connectivity index is 2.07. The SMILES string of the molecule is NCCCNCCc1ccncc1. The van der Waals surface area contributed by atoms with E-state index < -0.39 is 0 Å². The molecule has 0 aliphatic heterocycles. The fourth-order valence-electron chi connectivity index (χ4n) is 1.13. The summed E-state index contributed by atoms with van der Waals surface area (Å²) < 4.78 is 0. The topological polar surface area (TPSA) is 50.9 Å². The lowest BCUT2D eigenvalue weighted by Crippen LogP contribution is -2.20. The van der Waals surface area contributed by atoms with Crippen molar-refractivity contribution in [2.24, 2.45) is 5.73 Å². The number of hydrogen-bond donors (Lipinski definition) is 2. The first-order chi connectivity index (χ1) is 6.43. The first-order valence-electron chi connectivity index (χ1n) is 4.73. The largest absolute Gasteiger partial charge is 0.330 e. The molecule has 0 fully saturated rings. The van der Waals surface area contributed by atoms with E-state index in [-0.39, 0.29) is 0 Å². The minimum absolute atomic E-state index is 0.766. The molecule has 3 nitrogen and oxygen atoms in total. The maximum absolute atomic E-state index is 5.37. The molecule has 0 saturated carbocycles. The van der Waals surface area contributed by atoms with E-state index >= 15 is 0 Å². The predicted molar refractivity (Wildman–Crippen MR) is 54.5 cm³/mol. The van der Waals surface area contributed by atoms with Crippen LogP contribution in [0, 0.1) is 0 Å².